The highest BCUT2D eigenvalue weighted by atomic mass is 35.5. The number of rotatable bonds is 3. The van der Waals surface area contributed by atoms with Crippen LogP contribution in [-0.2, 0) is 10.0 Å². The molecule has 0 radical (unpaired) electrons. The van der Waals surface area contributed by atoms with Crippen LogP contribution in [0.2, 0.25) is 10.0 Å². The Kier molecular flexibility index (Phi) is 4.92. The van der Waals surface area contributed by atoms with Crippen LogP contribution >= 0.6 is 23.2 Å². The summed E-state index contributed by atoms with van der Waals surface area (Å²) in [4.78, 5) is -0.280. The van der Waals surface area contributed by atoms with Gasteiger partial charge in [-0.1, -0.05) is 23.2 Å². The first kappa shape index (κ1) is 16.0. The quantitative estimate of drug-likeness (QED) is 0.888. The van der Waals surface area contributed by atoms with E-state index in [1.54, 1.807) is 0 Å². The molecule has 0 amide bonds. The first-order valence-electron chi connectivity index (χ1n) is 6.22. The molecule has 8 heteroatoms. The highest BCUT2D eigenvalue weighted by molar-refractivity contribution is 7.89. The fourth-order valence-electron chi connectivity index (χ4n) is 2.30. The summed E-state index contributed by atoms with van der Waals surface area (Å²) >= 11 is 11.6. The minimum atomic E-state index is -3.88. The molecule has 1 fully saturated rings. The van der Waals surface area contributed by atoms with Gasteiger partial charge in [-0.25, -0.2) is 17.5 Å². The topological polar surface area (TPSA) is 72.2 Å². The Balaban J connectivity index is 2.23. The van der Waals surface area contributed by atoms with E-state index in [2.05, 4.69) is 4.72 Å². The van der Waals surface area contributed by atoms with E-state index in [0.29, 0.717) is 12.8 Å². The van der Waals surface area contributed by atoms with Gasteiger partial charge in [-0.2, -0.15) is 0 Å². The Labute approximate surface area is 127 Å². The normalized spacial score (nSPS) is 23.8. The molecule has 0 spiro atoms. The fourth-order valence-corrected chi connectivity index (χ4v) is 4.79. The summed E-state index contributed by atoms with van der Waals surface area (Å²) in [6, 6.07) is 1.78. The van der Waals surface area contributed by atoms with E-state index in [-0.39, 0.29) is 27.0 Å². The van der Waals surface area contributed by atoms with Gasteiger partial charge in [-0.3, -0.25) is 0 Å². The molecule has 1 aliphatic rings. The molecule has 4 nitrogen and oxygen atoms in total. The van der Waals surface area contributed by atoms with E-state index in [0.717, 1.165) is 25.0 Å². The first-order chi connectivity index (χ1) is 9.29. The van der Waals surface area contributed by atoms with E-state index in [1.165, 1.54) is 0 Å². The fraction of sp³-hybridized carbons (Fsp3) is 0.500. The van der Waals surface area contributed by atoms with Gasteiger partial charge in [0.25, 0.3) is 0 Å². The van der Waals surface area contributed by atoms with E-state index in [9.17, 15) is 12.8 Å². The summed E-state index contributed by atoms with van der Waals surface area (Å²) < 4.78 is 40.3. The molecule has 0 heterocycles. The number of nitrogens with two attached hydrogens (primary N) is 1. The molecule has 1 saturated carbocycles. The maximum absolute atomic E-state index is 13.1. The Morgan fingerprint density at radius 2 is 1.65 bits per heavy atom. The van der Waals surface area contributed by atoms with Gasteiger partial charge in [-0.15, -0.1) is 0 Å². The smallest absolute Gasteiger partial charge is 0.243 e. The summed E-state index contributed by atoms with van der Waals surface area (Å²) in [5.74, 6) is -0.678. The molecule has 0 aliphatic heterocycles. The van der Waals surface area contributed by atoms with E-state index in [1.807, 2.05) is 0 Å². The molecule has 0 atom stereocenters. The Morgan fingerprint density at radius 1 is 1.15 bits per heavy atom. The SMILES string of the molecule is NC1CCC(NS(=O)(=O)c2c(Cl)cc(F)cc2Cl)CC1. The van der Waals surface area contributed by atoms with Crippen molar-refractivity contribution in [1.82, 2.24) is 4.72 Å². The predicted octanol–water partition coefficient (Wildman–Crippen LogP) is 2.68. The monoisotopic (exact) mass is 340 g/mol. The van der Waals surface area contributed by atoms with Crippen molar-refractivity contribution < 1.29 is 12.8 Å². The van der Waals surface area contributed by atoms with Crippen molar-refractivity contribution in [3.8, 4) is 0 Å². The van der Waals surface area contributed by atoms with E-state index in [4.69, 9.17) is 28.9 Å². The lowest BCUT2D eigenvalue weighted by molar-refractivity contribution is 0.373. The third-order valence-electron chi connectivity index (χ3n) is 3.33. The van der Waals surface area contributed by atoms with Crippen LogP contribution in [0, 0.1) is 5.82 Å². The molecule has 112 valence electrons. The number of halogens is 3. The molecule has 0 unspecified atom stereocenters. The molecular formula is C12H15Cl2FN2O2S. The second kappa shape index (κ2) is 6.15. The molecule has 1 aromatic rings. The van der Waals surface area contributed by atoms with Crippen LogP contribution < -0.4 is 10.5 Å². The van der Waals surface area contributed by atoms with Gasteiger partial charge < -0.3 is 5.73 Å². The lowest BCUT2D eigenvalue weighted by atomic mass is 9.93. The zero-order chi connectivity index (χ0) is 14.9. The number of sulfonamides is 1. The molecule has 3 N–H and O–H groups in total. The highest BCUT2D eigenvalue weighted by Gasteiger charge is 2.28. The maximum Gasteiger partial charge on any atom is 0.243 e. The molecule has 20 heavy (non-hydrogen) atoms. The zero-order valence-electron chi connectivity index (χ0n) is 10.6. The maximum atomic E-state index is 13.1. The van der Waals surface area contributed by atoms with Gasteiger partial charge >= 0.3 is 0 Å². The standard InChI is InChI=1S/C12H15Cl2FN2O2S/c13-10-5-7(15)6-11(14)12(10)20(18,19)17-9-3-1-8(16)2-4-9/h5-6,8-9,17H,1-4,16H2. The van der Waals surface area contributed by atoms with Gasteiger partial charge in [0.15, 0.2) is 0 Å². The van der Waals surface area contributed by atoms with Crippen LogP contribution in [0.25, 0.3) is 0 Å². The Bertz CT molecular complexity index is 578. The van der Waals surface area contributed by atoms with Gasteiger partial charge in [0.05, 0.1) is 10.0 Å². The molecule has 0 aromatic heterocycles. The molecular weight excluding hydrogens is 326 g/mol. The third-order valence-corrected chi connectivity index (χ3v) is 5.77. The van der Waals surface area contributed by atoms with Crippen LogP contribution in [-0.4, -0.2) is 20.5 Å². The van der Waals surface area contributed by atoms with Crippen molar-refractivity contribution in [2.45, 2.75) is 42.7 Å². The summed E-state index contributed by atoms with van der Waals surface area (Å²) in [5.41, 5.74) is 5.78. The summed E-state index contributed by atoms with van der Waals surface area (Å²) in [6.07, 6.45) is 2.85. The van der Waals surface area contributed by atoms with Gasteiger partial charge in [-0.05, 0) is 37.8 Å². The Hall–Kier alpha value is -0.400. The van der Waals surface area contributed by atoms with Crippen molar-refractivity contribution in [3.63, 3.8) is 0 Å². The van der Waals surface area contributed by atoms with Crippen LogP contribution in [0.5, 0.6) is 0 Å². The number of nitrogens with one attached hydrogen (secondary N) is 1. The zero-order valence-corrected chi connectivity index (χ0v) is 12.9. The highest BCUT2D eigenvalue weighted by Crippen LogP contribution is 2.31. The largest absolute Gasteiger partial charge is 0.328 e. The van der Waals surface area contributed by atoms with Crippen molar-refractivity contribution >= 4 is 33.2 Å². The average Bonchev–Trinajstić information content (AvgIpc) is 2.30. The minimum absolute atomic E-state index is 0.119. The summed E-state index contributed by atoms with van der Waals surface area (Å²) in [7, 11) is -3.88. The van der Waals surface area contributed by atoms with Crippen molar-refractivity contribution in [3.05, 3.63) is 28.0 Å². The van der Waals surface area contributed by atoms with Crippen molar-refractivity contribution in [1.29, 1.82) is 0 Å². The van der Waals surface area contributed by atoms with Gasteiger partial charge in [0, 0.05) is 12.1 Å². The first-order valence-corrected chi connectivity index (χ1v) is 8.46. The van der Waals surface area contributed by atoms with Crippen LogP contribution in [0.4, 0.5) is 4.39 Å². The van der Waals surface area contributed by atoms with Crippen molar-refractivity contribution in [2.75, 3.05) is 0 Å². The lowest BCUT2D eigenvalue weighted by Gasteiger charge is -2.26. The van der Waals surface area contributed by atoms with Crippen LogP contribution in [0.3, 0.4) is 0 Å². The molecule has 0 bridgehead atoms. The van der Waals surface area contributed by atoms with E-state index < -0.39 is 15.8 Å². The summed E-state index contributed by atoms with van der Waals surface area (Å²) in [6.45, 7) is 0. The lowest BCUT2D eigenvalue weighted by Crippen LogP contribution is -2.40. The predicted molar refractivity (Wildman–Crippen MR) is 77.0 cm³/mol. The van der Waals surface area contributed by atoms with Crippen molar-refractivity contribution in [2.24, 2.45) is 5.73 Å². The second-order valence-electron chi connectivity index (χ2n) is 4.93. The number of benzene rings is 1. The molecule has 1 aromatic carbocycles. The van der Waals surface area contributed by atoms with E-state index >= 15 is 0 Å². The Morgan fingerprint density at radius 3 is 2.15 bits per heavy atom. The van der Waals surface area contributed by atoms with Crippen LogP contribution in [0.1, 0.15) is 25.7 Å². The van der Waals surface area contributed by atoms with Crippen LogP contribution in [0.15, 0.2) is 17.0 Å². The average molecular weight is 341 g/mol. The second-order valence-corrected chi connectivity index (χ2v) is 7.40. The van der Waals surface area contributed by atoms with Gasteiger partial charge in [0.2, 0.25) is 10.0 Å². The summed E-state index contributed by atoms with van der Waals surface area (Å²) in [5, 5.41) is -0.454. The number of hydrogen-bond donors (Lipinski definition) is 2. The molecule has 1 aliphatic carbocycles. The molecule has 2 rings (SSSR count). The third kappa shape index (κ3) is 3.62. The molecule has 0 saturated heterocycles. The number of hydrogen-bond acceptors (Lipinski definition) is 3. The minimum Gasteiger partial charge on any atom is -0.328 e. The van der Waals surface area contributed by atoms with Gasteiger partial charge in [0.1, 0.15) is 10.7 Å².